The second-order valence-corrected chi connectivity index (χ2v) is 8.07. The summed E-state index contributed by atoms with van der Waals surface area (Å²) in [6, 6.07) is 1.72. The van der Waals surface area contributed by atoms with Gasteiger partial charge in [0.15, 0.2) is 0 Å². The first-order valence-electron chi connectivity index (χ1n) is 7.32. The number of nitrogens with one attached hydrogen (secondary N) is 1. The van der Waals surface area contributed by atoms with Crippen molar-refractivity contribution in [3.05, 3.63) is 20.8 Å². The van der Waals surface area contributed by atoms with E-state index < -0.39 is 5.54 Å². The number of hydrogen-bond acceptors (Lipinski definition) is 3. The van der Waals surface area contributed by atoms with Crippen molar-refractivity contribution < 1.29 is 9.59 Å². The van der Waals surface area contributed by atoms with E-state index in [1.807, 2.05) is 11.4 Å². The number of carbonyl (C=O) groups is 2. The Kier molecular flexibility index (Phi) is 3.86. The van der Waals surface area contributed by atoms with E-state index in [0.29, 0.717) is 6.54 Å². The first kappa shape index (κ1) is 15.0. The number of rotatable bonds is 2. The summed E-state index contributed by atoms with van der Waals surface area (Å²) in [5.74, 6) is 0.340. The summed E-state index contributed by atoms with van der Waals surface area (Å²) in [6.07, 6.45) is 3.12. The van der Waals surface area contributed by atoms with Crippen molar-refractivity contribution in [2.45, 2.75) is 45.2 Å². The molecule has 1 spiro atoms. The smallest absolute Gasteiger partial charge is 0.323 e. The zero-order valence-corrected chi connectivity index (χ0v) is 14.6. The molecule has 21 heavy (non-hydrogen) atoms. The van der Waals surface area contributed by atoms with Crippen LogP contribution in [0.25, 0.3) is 0 Å². The van der Waals surface area contributed by atoms with E-state index in [4.69, 9.17) is 0 Å². The van der Waals surface area contributed by atoms with Crippen molar-refractivity contribution in [1.29, 1.82) is 0 Å². The molecule has 3 amide bonds. The summed E-state index contributed by atoms with van der Waals surface area (Å²) in [6.45, 7) is 4.53. The molecule has 3 rings (SSSR count). The molecule has 1 saturated heterocycles. The van der Waals surface area contributed by atoms with Crippen LogP contribution >= 0.6 is 27.3 Å². The van der Waals surface area contributed by atoms with Crippen molar-refractivity contribution >= 4 is 39.2 Å². The molecule has 1 aromatic rings. The summed E-state index contributed by atoms with van der Waals surface area (Å²) in [7, 11) is 0. The predicted molar refractivity (Wildman–Crippen MR) is 86.0 cm³/mol. The molecule has 1 aromatic heterocycles. The van der Waals surface area contributed by atoms with Crippen LogP contribution in [0.3, 0.4) is 0 Å². The molecule has 0 bridgehead atoms. The highest BCUT2D eigenvalue weighted by Gasteiger charge is 2.58. The third kappa shape index (κ3) is 2.32. The molecule has 2 fully saturated rings. The maximum atomic E-state index is 13.0. The van der Waals surface area contributed by atoms with Crippen LogP contribution in [0.1, 0.15) is 38.0 Å². The van der Waals surface area contributed by atoms with E-state index in [2.05, 4.69) is 35.1 Å². The van der Waals surface area contributed by atoms with Crippen molar-refractivity contribution in [1.82, 2.24) is 10.2 Å². The molecule has 1 aliphatic heterocycles. The third-order valence-corrected chi connectivity index (χ3v) is 6.60. The van der Waals surface area contributed by atoms with E-state index >= 15 is 0 Å². The van der Waals surface area contributed by atoms with Gasteiger partial charge in [0, 0.05) is 14.7 Å². The predicted octanol–water partition coefficient (Wildman–Crippen LogP) is 3.76. The highest BCUT2D eigenvalue weighted by atomic mass is 79.9. The normalized spacial score (nSPS) is 32.8. The first-order valence-corrected chi connectivity index (χ1v) is 8.99. The zero-order valence-electron chi connectivity index (χ0n) is 12.2. The summed E-state index contributed by atoms with van der Waals surface area (Å²) in [5, 5.41) is 4.99. The van der Waals surface area contributed by atoms with Crippen LogP contribution in [-0.4, -0.2) is 22.4 Å². The van der Waals surface area contributed by atoms with Gasteiger partial charge in [-0.1, -0.05) is 20.3 Å². The monoisotopic (exact) mass is 370 g/mol. The molecule has 114 valence electrons. The fraction of sp³-hybridized carbons (Fsp3) is 0.600. The molecule has 1 N–H and O–H groups in total. The Morgan fingerprint density at radius 3 is 2.62 bits per heavy atom. The molecule has 0 radical (unpaired) electrons. The minimum Gasteiger partial charge on any atom is -0.323 e. The van der Waals surface area contributed by atoms with Crippen LogP contribution in [-0.2, 0) is 11.3 Å². The lowest BCUT2D eigenvalue weighted by molar-refractivity contribution is -0.136. The largest absolute Gasteiger partial charge is 0.325 e. The fourth-order valence-electron chi connectivity index (χ4n) is 3.69. The molecule has 1 aliphatic carbocycles. The Morgan fingerprint density at radius 1 is 1.38 bits per heavy atom. The molecular formula is C15H19BrN2O2S. The molecule has 0 aromatic carbocycles. The van der Waals surface area contributed by atoms with Gasteiger partial charge in [-0.05, 0) is 46.7 Å². The van der Waals surface area contributed by atoms with Crippen LogP contribution in [0.5, 0.6) is 0 Å². The molecule has 2 unspecified atom stereocenters. The maximum Gasteiger partial charge on any atom is 0.325 e. The van der Waals surface area contributed by atoms with E-state index in [-0.39, 0.29) is 23.8 Å². The van der Waals surface area contributed by atoms with E-state index in [1.54, 1.807) is 11.3 Å². The molecule has 4 nitrogen and oxygen atoms in total. The van der Waals surface area contributed by atoms with Gasteiger partial charge >= 0.3 is 6.03 Å². The second kappa shape index (κ2) is 5.39. The lowest BCUT2D eigenvalue weighted by Crippen LogP contribution is -2.58. The average Bonchev–Trinajstić information content (AvgIpc) is 2.94. The highest BCUT2D eigenvalue weighted by Crippen LogP contribution is 2.42. The van der Waals surface area contributed by atoms with Crippen molar-refractivity contribution in [3.8, 4) is 0 Å². The molecular weight excluding hydrogens is 352 g/mol. The standard InChI is InChI=1S/C15H19BrN2O2S/c1-9-4-3-5-10(2)15(9)13(19)18(14(20)17-15)7-12-6-11(16)8-21-12/h6,8-10H,3-5,7H2,1-2H3,(H,17,20). The van der Waals surface area contributed by atoms with Gasteiger partial charge < -0.3 is 5.32 Å². The van der Waals surface area contributed by atoms with Gasteiger partial charge in [-0.2, -0.15) is 0 Å². The average molecular weight is 371 g/mol. The number of nitrogens with zero attached hydrogens (tertiary/aromatic N) is 1. The minimum absolute atomic E-state index is 0.0447. The van der Waals surface area contributed by atoms with Crippen molar-refractivity contribution in [2.75, 3.05) is 0 Å². The molecule has 2 atom stereocenters. The van der Waals surface area contributed by atoms with E-state index in [9.17, 15) is 9.59 Å². The topological polar surface area (TPSA) is 49.4 Å². The quantitative estimate of drug-likeness (QED) is 0.805. The number of halogens is 1. The number of hydrogen-bond donors (Lipinski definition) is 1. The molecule has 1 saturated carbocycles. The first-order chi connectivity index (χ1) is 9.95. The molecule has 2 heterocycles. The van der Waals surface area contributed by atoms with Crippen LogP contribution in [0.2, 0.25) is 0 Å². The van der Waals surface area contributed by atoms with E-state index in [0.717, 1.165) is 28.6 Å². The Morgan fingerprint density at radius 2 is 2.05 bits per heavy atom. The summed E-state index contributed by atoms with van der Waals surface area (Å²) in [5.41, 5.74) is -0.691. The van der Waals surface area contributed by atoms with Gasteiger partial charge in [0.1, 0.15) is 5.54 Å². The SMILES string of the molecule is CC1CCCC(C)C12NC(=O)N(Cc1cc(Br)cs1)C2=O. The Labute approximate surface area is 137 Å². The fourth-order valence-corrected chi connectivity index (χ4v) is 5.13. The summed E-state index contributed by atoms with van der Waals surface area (Å²) < 4.78 is 0.990. The number of thiophene rings is 1. The number of amides is 3. The van der Waals surface area contributed by atoms with E-state index in [1.165, 1.54) is 4.90 Å². The van der Waals surface area contributed by atoms with Crippen LogP contribution < -0.4 is 5.32 Å². The van der Waals surface area contributed by atoms with Crippen LogP contribution in [0.15, 0.2) is 15.9 Å². The van der Waals surface area contributed by atoms with Crippen molar-refractivity contribution in [2.24, 2.45) is 11.8 Å². The van der Waals surface area contributed by atoms with Gasteiger partial charge in [-0.3, -0.25) is 9.69 Å². The lowest BCUT2D eigenvalue weighted by atomic mass is 9.67. The number of urea groups is 1. The molecule has 6 heteroatoms. The second-order valence-electron chi connectivity index (χ2n) is 6.15. The number of carbonyl (C=O) groups excluding carboxylic acids is 2. The van der Waals surface area contributed by atoms with Gasteiger partial charge in [0.05, 0.1) is 6.54 Å². The van der Waals surface area contributed by atoms with Gasteiger partial charge in [-0.25, -0.2) is 4.79 Å². The van der Waals surface area contributed by atoms with Crippen molar-refractivity contribution in [3.63, 3.8) is 0 Å². The Hall–Kier alpha value is -0.880. The van der Waals surface area contributed by atoms with Gasteiger partial charge in [0.2, 0.25) is 0 Å². The third-order valence-electron chi connectivity index (χ3n) is 4.92. The lowest BCUT2D eigenvalue weighted by Gasteiger charge is -2.42. The maximum absolute atomic E-state index is 13.0. The van der Waals surface area contributed by atoms with Crippen LogP contribution in [0, 0.1) is 11.8 Å². The minimum atomic E-state index is -0.691. The molecule has 2 aliphatic rings. The Bertz CT molecular complexity index is 576. The summed E-state index contributed by atoms with van der Waals surface area (Å²) >= 11 is 4.96. The highest BCUT2D eigenvalue weighted by molar-refractivity contribution is 9.10. The Balaban J connectivity index is 1.87. The van der Waals surface area contributed by atoms with Gasteiger partial charge in [-0.15, -0.1) is 11.3 Å². The number of imide groups is 1. The zero-order chi connectivity index (χ0) is 15.2. The summed E-state index contributed by atoms with van der Waals surface area (Å²) in [4.78, 5) is 27.7. The van der Waals surface area contributed by atoms with Crippen LogP contribution in [0.4, 0.5) is 4.79 Å². The van der Waals surface area contributed by atoms with Gasteiger partial charge in [0.25, 0.3) is 5.91 Å².